The van der Waals surface area contributed by atoms with Crippen molar-refractivity contribution in [2.45, 2.75) is 38.2 Å². The Morgan fingerprint density at radius 2 is 2.00 bits per heavy atom. The molecule has 2 rings (SSSR count). The van der Waals surface area contributed by atoms with Crippen LogP contribution < -0.4 is 5.32 Å². The number of nitrogens with one attached hydrogen (secondary N) is 1. The van der Waals surface area contributed by atoms with Gasteiger partial charge >= 0.3 is 0 Å². The predicted molar refractivity (Wildman–Crippen MR) is 81.4 cm³/mol. The molecule has 0 radical (unpaired) electrons. The number of amides is 1. The molecule has 1 aliphatic rings. The van der Waals surface area contributed by atoms with E-state index in [1.807, 2.05) is 0 Å². The summed E-state index contributed by atoms with van der Waals surface area (Å²) in [5.41, 5.74) is 0.381. The zero-order chi connectivity index (χ0) is 14.5. The summed E-state index contributed by atoms with van der Waals surface area (Å²) in [5.74, 6) is 0.0197. The normalized spacial score (nSPS) is 17.8. The van der Waals surface area contributed by atoms with Gasteiger partial charge in [-0.15, -0.1) is 0 Å². The lowest BCUT2D eigenvalue weighted by Crippen LogP contribution is -2.37. The maximum Gasteiger partial charge on any atom is 0.252 e. The van der Waals surface area contributed by atoms with Gasteiger partial charge in [0.15, 0.2) is 0 Å². The molecule has 0 aromatic heterocycles. The van der Waals surface area contributed by atoms with Crippen LogP contribution in [0.4, 0.5) is 0 Å². The Balaban J connectivity index is 1.88. The van der Waals surface area contributed by atoms with Crippen molar-refractivity contribution in [1.82, 2.24) is 5.32 Å². The highest BCUT2D eigenvalue weighted by molar-refractivity contribution is 6.36. The Kier molecular flexibility index (Phi) is 5.70. The molecule has 1 saturated carbocycles. The van der Waals surface area contributed by atoms with Gasteiger partial charge in [0, 0.05) is 11.6 Å². The van der Waals surface area contributed by atoms with Crippen LogP contribution in [-0.2, 0) is 0 Å². The average Bonchev–Trinajstić information content (AvgIpc) is 2.45. The van der Waals surface area contributed by atoms with Crippen molar-refractivity contribution in [3.05, 3.63) is 33.8 Å². The number of hydrogen-bond acceptors (Lipinski definition) is 2. The number of halogens is 2. The van der Waals surface area contributed by atoms with Gasteiger partial charge in [-0.2, -0.15) is 0 Å². The van der Waals surface area contributed by atoms with Crippen LogP contribution >= 0.6 is 23.2 Å². The fourth-order valence-electron chi connectivity index (χ4n) is 2.65. The molecule has 1 atom stereocenters. The average molecular weight is 316 g/mol. The Bertz CT molecular complexity index is 473. The molecule has 1 fully saturated rings. The maximum absolute atomic E-state index is 12.0. The Morgan fingerprint density at radius 3 is 2.65 bits per heavy atom. The quantitative estimate of drug-likeness (QED) is 0.890. The third-order valence-corrected chi connectivity index (χ3v) is 4.39. The molecular formula is C15H19Cl2NO2. The van der Waals surface area contributed by atoms with E-state index in [4.69, 9.17) is 23.2 Å². The molecular weight excluding hydrogens is 297 g/mol. The molecule has 110 valence electrons. The summed E-state index contributed by atoms with van der Waals surface area (Å²) in [6, 6.07) is 4.75. The van der Waals surface area contributed by atoms with Crippen LogP contribution in [0.25, 0.3) is 0 Å². The molecule has 0 saturated heterocycles. The standard InChI is InChI=1S/C15H19Cl2NO2/c16-11-6-7-12(13(17)8-11)15(20)18-9-14(19)10-4-2-1-3-5-10/h6-8,10,14,19H,1-5,9H2,(H,18,20). The minimum atomic E-state index is -0.481. The third kappa shape index (κ3) is 4.11. The lowest BCUT2D eigenvalue weighted by Gasteiger charge is -2.26. The molecule has 0 bridgehead atoms. The van der Waals surface area contributed by atoms with Gasteiger partial charge in [-0.25, -0.2) is 0 Å². The van der Waals surface area contributed by atoms with Crippen LogP contribution in [0, 0.1) is 5.92 Å². The maximum atomic E-state index is 12.0. The molecule has 0 heterocycles. The highest BCUT2D eigenvalue weighted by Crippen LogP contribution is 2.26. The topological polar surface area (TPSA) is 49.3 Å². The summed E-state index contributed by atoms with van der Waals surface area (Å²) in [6.07, 6.45) is 5.18. The second kappa shape index (κ2) is 7.30. The van der Waals surface area contributed by atoms with Gasteiger partial charge in [0.05, 0.1) is 16.7 Å². The molecule has 1 unspecified atom stereocenters. The van der Waals surface area contributed by atoms with Crippen molar-refractivity contribution in [3.8, 4) is 0 Å². The minimum Gasteiger partial charge on any atom is -0.391 e. The van der Waals surface area contributed by atoms with Gasteiger partial charge in [-0.3, -0.25) is 4.79 Å². The number of rotatable bonds is 4. The van der Waals surface area contributed by atoms with Crippen molar-refractivity contribution >= 4 is 29.1 Å². The second-order valence-corrected chi connectivity index (χ2v) is 6.14. The molecule has 0 aliphatic heterocycles. The van der Waals surface area contributed by atoms with Crippen molar-refractivity contribution in [3.63, 3.8) is 0 Å². The minimum absolute atomic E-state index is 0.266. The van der Waals surface area contributed by atoms with Gasteiger partial charge in [0.1, 0.15) is 0 Å². The number of aliphatic hydroxyl groups excluding tert-OH is 1. The number of hydrogen-bond donors (Lipinski definition) is 2. The highest BCUT2D eigenvalue weighted by atomic mass is 35.5. The largest absolute Gasteiger partial charge is 0.391 e. The summed E-state index contributed by atoms with van der Waals surface area (Å²) in [7, 11) is 0. The molecule has 20 heavy (non-hydrogen) atoms. The van der Waals surface area contributed by atoms with E-state index in [9.17, 15) is 9.90 Å². The molecule has 0 spiro atoms. The first-order valence-corrected chi connectivity index (χ1v) is 7.75. The lowest BCUT2D eigenvalue weighted by atomic mass is 9.85. The van der Waals surface area contributed by atoms with Crippen LogP contribution in [0.2, 0.25) is 10.0 Å². The van der Waals surface area contributed by atoms with Crippen LogP contribution in [0.3, 0.4) is 0 Å². The summed E-state index contributed by atoms with van der Waals surface area (Å²) in [6.45, 7) is 0.266. The van der Waals surface area contributed by atoms with Crippen LogP contribution in [0.15, 0.2) is 18.2 Å². The number of carbonyl (C=O) groups excluding carboxylic acids is 1. The summed E-state index contributed by atoms with van der Waals surface area (Å²) >= 11 is 11.8. The van der Waals surface area contributed by atoms with E-state index >= 15 is 0 Å². The van der Waals surface area contributed by atoms with E-state index in [0.717, 1.165) is 12.8 Å². The molecule has 1 aromatic rings. The summed E-state index contributed by atoms with van der Waals surface area (Å²) < 4.78 is 0. The van der Waals surface area contributed by atoms with Crippen molar-refractivity contribution in [2.24, 2.45) is 5.92 Å². The highest BCUT2D eigenvalue weighted by Gasteiger charge is 2.22. The van der Waals surface area contributed by atoms with Crippen molar-refractivity contribution in [2.75, 3.05) is 6.54 Å². The first-order valence-electron chi connectivity index (χ1n) is 6.99. The van der Waals surface area contributed by atoms with E-state index in [1.54, 1.807) is 12.1 Å². The molecule has 1 aliphatic carbocycles. The van der Waals surface area contributed by atoms with Gasteiger partial charge < -0.3 is 10.4 Å². The van der Waals surface area contributed by atoms with Crippen LogP contribution in [0.1, 0.15) is 42.5 Å². The molecule has 1 aromatic carbocycles. The number of benzene rings is 1. The first-order chi connectivity index (χ1) is 9.58. The monoisotopic (exact) mass is 315 g/mol. The van der Waals surface area contributed by atoms with Crippen molar-refractivity contribution in [1.29, 1.82) is 0 Å². The molecule has 1 amide bonds. The first kappa shape index (κ1) is 15.6. The van der Waals surface area contributed by atoms with Gasteiger partial charge in [-0.05, 0) is 37.0 Å². The van der Waals surface area contributed by atoms with Crippen LogP contribution in [0.5, 0.6) is 0 Å². The van der Waals surface area contributed by atoms with Crippen LogP contribution in [-0.4, -0.2) is 23.7 Å². The van der Waals surface area contributed by atoms with Crippen molar-refractivity contribution < 1.29 is 9.90 Å². The number of carbonyl (C=O) groups is 1. The lowest BCUT2D eigenvalue weighted by molar-refractivity contribution is 0.0738. The number of aliphatic hydroxyl groups is 1. The second-order valence-electron chi connectivity index (χ2n) is 5.30. The summed E-state index contributed by atoms with van der Waals surface area (Å²) in [4.78, 5) is 12.0. The Morgan fingerprint density at radius 1 is 1.30 bits per heavy atom. The SMILES string of the molecule is O=C(NCC(O)C1CCCCC1)c1ccc(Cl)cc1Cl. The Hall–Kier alpha value is -0.770. The Labute approximate surface area is 129 Å². The molecule has 2 N–H and O–H groups in total. The molecule has 3 nitrogen and oxygen atoms in total. The zero-order valence-corrected chi connectivity index (χ0v) is 12.8. The fourth-order valence-corrected chi connectivity index (χ4v) is 3.15. The van der Waals surface area contributed by atoms with E-state index in [2.05, 4.69) is 5.32 Å². The third-order valence-electron chi connectivity index (χ3n) is 3.84. The summed E-state index contributed by atoms with van der Waals surface area (Å²) in [5, 5.41) is 13.7. The molecule has 5 heteroatoms. The smallest absolute Gasteiger partial charge is 0.252 e. The van der Waals surface area contributed by atoms with Gasteiger partial charge in [0.25, 0.3) is 5.91 Å². The van der Waals surface area contributed by atoms with Gasteiger partial charge in [0.2, 0.25) is 0 Å². The van der Waals surface area contributed by atoms with E-state index < -0.39 is 6.10 Å². The van der Waals surface area contributed by atoms with E-state index in [1.165, 1.54) is 25.3 Å². The zero-order valence-electron chi connectivity index (χ0n) is 11.2. The fraction of sp³-hybridized carbons (Fsp3) is 0.533. The predicted octanol–water partition coefficient (Wildman–Crippen LogP) is 3.66. The van der Waals surface area contributed by atoms with Gasteiger partial charge in [-0.1, -0.05) is 42.5 Å². The van der Waals surface area contributed by atoms with E-state index in [0.29, 0.717) is 21.5 Å². The van der Waals surface area contributed by atoms with E-state index in [-0.39, 0.29) is 12.5 Å².